The van der Waals surface area contributed by atoms with E-state index in [2.05, 4.69) is 9.97 Å². The number of rotatable bonds is 0. The van der Waals surface area contributed by atoms with Crippen LogP contribution in [0.1, 0.15) is 0 Å². The first kappa shape index (κ1) is 22.7. The Kier molecular flexibility index (Phi) is 8.64. The van der Waals surface area contributed by atoms with E-state index >= 15 is 0 Å². The van der Waals surface area contributed by atoms with Crippen LogP contribution in [0.3, 0.4) is 0 Å². The van der Waals surface area contributed by atoms with Gasteiger partial charge in [0.1, 0.15) is 0 Å². The van der Waals surface area contributed by atoms with Crippen LogP contribution in [0, 0.1) is 0 Å². The van der Waals surface area contributed by atoms with E-state index < -0.39 is 0 Å². The van der Waals surface area contributed by atoms with Gasteiger partial charge >= 0.3 is 17.4 Å². The molecule has 0 amide bonds. The summed E-state index contributed by atoms with van der Waals surface area (Å²) in [7, 11) is 0. The Bertz CT molecular complexity index is 1110. The smallest absolute Gasteiger partial charge is 0.872 e. The monoisotopic (exact) mass is 408 g/mol. The van der Waals surface area contributed by atoms with Gasteiger partial charge in [0.05, 0.1) is 11.0 Å². The Morgan fingerprint density at radius 3 is 1.27 bits per heavy atom. The van der Waals surface area contributed by atoms with E-state index in [0.29, 0.717) is 11.0 Å². The number of hydrogen-bond acceptors (Lipinski definition) is 5. The second kappa shape index (κ2) is 11.4. The van der Waals surface area contributed by atoms with Gasteiger partial charge in [-0.1, -0.05) is 90.4 Å². The van der Waals surface area contributed by atoms with Gasteiger partial charge in [-0.05, 0) is 22.9 Å². The number of nitrogens with zero attached hydrogens (tertiary/aromatic N) is 2. The van der Waals surface area contributed by atoms with Crippen molar-refractivity contribution in [3.63, 3.8) is 0 Å². The maximum atomic E-state index is 11.1. The fourth-order valence-corrected chi connectivity index (χ4v) is 2.57. The predicted octanol–water partition coefficient (Wildman–Crippen LogP) is 3.00. The topological polar surface area (TPSA) is 95.0 Å². The minimum absolute atomic E-state index is 0. The summed E-state index contributed by atoms with van der Waals surface area (Å²) >= 11 is 0. The normalized spacial score (nSPS) is 9.47. The summed E-state index contributed by atoms with van der Waals surface area (Å²) in [5.74, 6) is 0.0497. The SMILES string of the molecule is [Al+3].[O-]c1cccc2cccnc12.[O-]c1cccc2cccnc12.[O-]c1ccccc1. The van der Waals surface area contributed by atoms with Crippen molar-refractivity contribution in [3.8, 4) is 17.2 Å². The number of benzene rings is 3. The zero-order chi connectivity index (χ0) is 20.5. The molecule has 0 aliphatic rings. The molecule has 2 aromatic heterocycles. The summed E-state index contributed by atoms with van der Waals surface area (Å²) in [5, 5.41) is 34.3. The molecule has 0 aliphatic carbocycles. The standard InChI is InChI=1S/2C9H7NO.C6H6O.Al/c2*11-8-5-1-3-7-4-2-6-10-9(7)8;7-6-4-2-1-3-5-6;/h2*1-6,11H;1-5,7H;/q;;;+3/p-3. The molecule has 0 aliphatic heterocycles. The van der Waals surface area contributed by atoms with E-state index in [4.69, 9.17) is 0 Å². The molecule has 3 aromatic carbocycles. The Balaban J connectivity index is 0.000000162. The van der Waals surface area contributed by atoms with Gasteiger partial charge in [-0.2, -0.15) is 0 Å². The summed E-state index contributed by atoms with van der Waals surface area (Å²) < 4.78 is 0. The number of para-hydroxylation sites is 3. The Morgan fingerprint density at radius 2 is 0.900 bits per heavy atom. The van der Waals surface area contributed by atoms with Gasteiger partial charge in [-0.15, -0.1) is 5.75 Å². The van der Waals surface area contributed by atoms with Crippen molar-refractivity contribution in [2.45, 2.75) is 0 Å². The summed E-state index contributed by atoms with van der Waals surface area (Å²) in [5.41, 5.74) is 1.10. The van der Waals surface area contributed by atoms with Crippen molar-refractivity contribution < 1.29 is 15.3 Å². The van der Waals surface area contributed by atoms with Crippen LogP contribution in [0.15, 0.2) is 103 Å². The van der Waals surface area contributed by atoms with Gasteiger partial charge < -0.3 is 15.3 Å². The van der Waals surface area contributed by atoms with Crippen LogP contribution < -0.4 is 15.3 Å². The molecule has 0 fully saturated rings. The summed E-state index contributed by atoms with van der Waals surface area (Å²) in [4.78, 5) is 7.94. The average molecular weight is 408 g/mol. The number of hydrogen-bond donors (Lipinski definition) is 0. The molecule has 0 atom stereocenters. The molecular weight excluding hydrogens is 391 g/mol. The van der Waals surface area contributed by atoms with E-state index in [1.807, 2.05) is 42.5 Å². The van der Waals surface area contributed by atoms with Crippen LogP contribution in [-0.2, 0) is 0 Å². The van der Waals surface area contributed by atoms with E-state index in [0.717, 1.165) is 10.8 Å². The van der Waals surface area contributed by atoms with Crippen molar-refractivity contribution in [1.29, 1.82) is 0 Å². The number of aromatic nitrogens is 2. The number of fused-ring (bicyclic) bond motifs is 2. The van der Waals surface area contributed by atoms with E-state index in [1.165, 1.54) is 24.3 Å². The van der Waals surface area contributed by atoms with Crippen LogP contribution in [-0.4, -0.2) is 27.3 Å². The van der Waals surface area contributed by atoms with Crippen LogP contribution in [0.4, 0.5) is 0 Å². The molecule has 5 aromatic rings. The van der Waals surface area contributed by atoms with Crippen LogP contribution in [0.25, 0.3) is 21.8 Å². The van der Waals surface area contributed by atoms with Crippen molar-refractivity contribution in [1.82, 2.24) is 9.97 Å². The number of pyridine rings is 2. The summed E-state index contributed by atoms with van der Waals surface area (Å²) in [6.07, 6.45) is 3.26. The minimum atomic E-state index is -0.0110. The van der Waals surface area contributed by atoms with E-state index in [-0.39, 0.29) is 34.6 Å². The van der Waals surface area contributed by atoms with Crippen molar-refractivity contribution in [2.75, 3.05) is 0 Å². The molecule has 5 nitrogen and oxygen atoms in total. The molecule has 0 N–H and O–H groups in total. The zero-order valence-electron chi connectivity index (χ0n) is 16.0. The molecule has 144 valence electrons. The third-order valence-electron chi connectivity index (χ3n) is 3.93. The van der Waals surface area contributed by atoms with Gasteiger partial charge in [-0.3, -0.25) is 9.97 Å². The molecule has 0 saturated heterocycles. The van der Waals surface area contributed by atoms with Crippen LogP contribution in [0.2, 0.25) is 0 Å². The molecule has 0 saturated carbocycles. The van der Waals surface area contributed by atoms with Crippen LogP contribution >= 0.6 is 0 Å². The molecule has 5 rings (SSSR count). The molecule has 0 spiro atoms. The average Bonchev–Trinajstić information content (AvgIpc) is 2.76. The third kappa shape index (κ3) is 6.21. The van der Waals surface area contributed by atoms with Crippen molar-refractivity contribution in [3.05, 3.63) is 103 Å². The minimum Gasteiger partial charge on any atom is -0.872 e. The van der Waals surface area contributed by atoms with E-state index in [9.17, 15) is 15.3 Å². The maximum absolute atomic E-state index is 11.1. The predicted molar refractivity (Wildman–Crippen MR) is 114 cm³/mol. The first-order chi connectivity index (χ1) is 14.1. The van der Waals surface area contributed by atoms with E-state index in [1.54, 1.807) is 36.7 Å². The summed E-state index contributed by atoms with van der Waals surface area (Å²) in [6, 6.07) is 26.0. The van der Waals surface area contributed by atoms with Gasteiger partial charge in [-0.25, -0.2) is 0 Å². The van der Waals surface area contributed by atoms with Crippen LogP contribution in [0.5, 0.6) is 17.2 Å². The quantitative estimate of drug-likeness (QED) is 0.367. The molecule has 0 unspecified atom stereocenters. The second-order valence-electron chi connectivity index (χ2n) is 5.98. The fraction of sp³-hybridized carbons (Fsp3) is 0. The Labute approximate surface area is 185 Å². The third-order valence-corrected chi connectivity index (χ3v) is 3.93. The first-order valence-electron chi connectivity index (χ1n) is 8.89. The van der Waals surface area contributed by atoms with Crippen molar-refractivity contribution in [2.24, 2.45) is 0 Å². The largest absolute Gasteiger partial charge is 3.00 e. The Morgan fingerprint density at radius 1 is 0.467 bits per heavy atom. The molecule has 6 heteroatoms. The van der Waals surface area contributed by atoms with Gasteiger partial charge in [0.2, 0.25) is 0 Å². The Hall–Kier alpha value is -3.59. The molecule has 30 heavy (non-hydrogen) atoms. The zero-order valence-corrected chi connectivity index (χ0v) is 17.2. The molecule has 2 heterocycles. The van der Waals surface area contributed by atoms with Gasteiger partial charge in [0.15, 0.2) is 0 Å². The molecular formula is C24H17AlN2O3. The maximum Gasteiger partial charge on any atom is 3.00 e. The second-order valence-corrected chi connectivity index (χ2v) is 5.98. The first-order valence-corrected chi connectivity index (χ1v) is 8.89. The molecule has 0 radical (unpaired) electrons. The van der Waals surface area contributed by atoms with Crippen molar-refractivity contribution >= 4 is 39.2 Å². The summed E-state index contributed by atoms with van der Waals surface area (Å²) in [6.45, 7) is 0. The molecule has 0 bridgehead atoms. The fourth-order valence-electron chi connectivity index (χ4n) is 2.57. The van der Waals surface area contributed by atoms with Gasteiger partial charge in [0, 0.05) is 12.4 Å². The van der Waals surface area contributed by atoms with Gasteiger partial charge in [0.25, 0.3) is 0 Å².